The Balaban J connectivity index is 0. The van der Waals surface area contributed by atoms with E-state index in [4.69, 9.17) is 9.79 Å². The van der Waals surface area contributed by atoms with Crippen molar-refractivity contribution in [1.29, 1.82) is 0 Å². The Morgan fingerprint density at radius 2 is 0.791 bits per heavy atom. The van der Waals surface area contributed by atoms with Crippen LogP contribution in [0.15, 0.2) is 0 Å². The van der Waals surface area contributed by atoms with Crippen molar-refractivity contribution in [2.24, 2.45) is 0 Å². The smallest absolute Gasteiger partial charge is 0.339 e. The molecule has 0 aromatic heterocycles. The van der Waals surface area contributed by atoms with E-state index in [1.54, 1.807) is 50.3 Å². The van der Waals surface area contributed by atoms with Crippen molar-refractivity contribution in [2.75, 3.05) is 37.5 Å². The fourth-order valence-corrected chi connectivity index (χ4v) is 11.2. The summed E-state index contributed by atoms with van der Waals surface area (Å²) in [5.74, 6) is -1.39. The molecule has 0 aromatic rings. The van der Waals surface area contributed by atoms with E-state index in [0.717, 1.165) is 0 Å². The molecule has 0 heterocycles. The number of carbonyl (C=O) groups is 1. The molecule has 0 radical (unpaired) electrons. The first kappa shape index (κ1) is 45.1. The van der Waals surface area contributed by atoms with Gasteiger partial charge in [-0.15, -0.1) is 0 Å². The molecule has 0 spiro atoms. The zero-order valence-corrected chi connectivity index (χ0v) is 31.0. The highest BCUT2D eigenvalue weighted by atomic mass is 31.2. The third-order valence-corrected chi connectivity index (χ3v) is 14.2. The molecule has 0 fully saturated rings. The lowest BCUT2D eigenvalue weighted by Gasteiger charge is -2.28. The van der Waals surface area contributed by atoms with Crippen LogP contribution >= 0.6 is 14.9 Å². The van der Waals surface area contributed by atoms with Gasteiger partial charge in [0.25, 0.3) is 0 Å². The number of carboxylic acid groups (broad SMARTS) is 1. The van der Waals surface area contributed by atoms with Crippen LogP contribution in [0.25, 0.3) is 0 Å². The number of rotatable bonds is 32. The Bertz CT molecular complexity index is 598. The Morgan fingerprint density at radius 1 is 0.535 bits per heavy atom. The van der Waals surface area contributed by atoms with E-state index < -0.39 is 33.7 Å². The average molecular weight is 652 g/mol. The molecule has 0 saturated carbocycles. The van der Waals surface area contributed by atoms with Crippen LogP contribution in [-0.4, -0.2) is 53.2 Å². The molecule has 0 unspecified atom stereocenters. The summed E-state index contributed by atoms with van der Waals surface area (Å²) in [6, 6.07) is 0. The standard InChI is InChI=1S/C32H68P.C3H8NO5P/c1-5-9-13-17-18-19-20-21-22-23-24-28-32-33(29-25-14-10-6-2,30-26-15-11-7-3)31-27-16-12-8-4;5-3(6)1-4-2-10(7,8)9/h5-32H2,1-4H3;4H,1-2H2,(H,5,6)(H2,7,8,9)/q+1;/p-1. The summed E-state index contributed by atoms with van der Waals surface area (Å²) in [4.78, 5) is 26.0. The van der Waals surface area contributed by atoms with Crippen molar-refractivity contribution in [1.82, 2.24) is 5.32 Å². The minimum Gasteiger partial charge on any atom is -0.549 e. The summed E-state index contributed by atoms with van der Waals surface area (Å²) in [5.41, 5.74) is 0. The van der Waals surface area contributed by atoms with Gasteiger partial charge in [-0.3, -0.25) is 4.57 Å². The predicted molar refractivity (Wildman–Crippen MR) is 190 cm³/mol. The lowest BCUT2D eigenvalue weighted by atomic mass is 10.1. The molecule has 0 saturated heterocycles. The van der Waals surface area contributed by atoms with E-state index in [1.807, 2.05) is 5.32 Å². The minimum atomic E-state index is -4.12. The normalized spacial score (nSPS) is 11.9. The van der Waals surface area contributed by atoms with Crippen LogP contribution in [0.3, 0.4) is 0 Å². The minimum absolute atomic E-state index is 0.550. The summed E-state index contributed by atoms with van der Waals surface area (Å²) < 4.78 is 10.0. The predicted octanol–water partition coefficient (Wildman–Crippen LogP) is 9.91. The van der Waals surface area contributed by atoms with E-state index in [2.05, 4.69) is 27.7 Å². The van der Waals surface area contributed by atoms with Gasteiger partial charge in [0.2, 0.25) is 0 Å². The molecule has 0 rings (SSSR count). The molecule has 0 aromatic carbocycles. The molecule has 0 bridgehead atoms. The van der Waals surface area contributed by atoms with Crippen molar-refractivity contribution in [3.8, 4) is 0 Å². The average Bonchev–Trinajstić information content (AvgIpc) is 2.96. The van der Waals surface area contributed by atoms with Gasteiger partial charge in [0.1, 0.15) is 0 Å². The zero-order chi connectivity index (χ0) is 32.5. The molecule has 0 atom stereocenters. The maximum atomic E-state index is 10.0. The molecule has 3 N–H and O–H groups in total. The summed E-state index contributed by atoms with van der Waals surface area (Å²) >= 11 is 0. The molecular formula is C35H75NO5P2. The van der Waals surface area contributed by atoms with Crippen molar-refractivity contribution in [2.45, 2.75) is 182 Å². The van der Waals surface area contributed by atoms with Gasteiger partial charge in [-0.05, 0) is 51.4 Å². The Morgan fingerprint density at radius 3 is 1.05 bits per heavy atom. The van der Waals surface area contributed by atoms with Crippen LogP contribution in [0, 0.1) is 0 Å². The molecular weight excluding hydrogens is 576 g/mol. The van der Waals surface area contributed by atoms with Crippen LogP contribution in [0.2, 0.25) is 0 Å². The van der Waals surface area contributed by atoms with Gasteiger partial charge in [-0.25, -0.2) is 0 Å². The van der Waals surface area contributed by atoms with Crippen LogP contribution in [0.5, 0.6) is 0 Å². The zero-order valence-electron chi connectivity index (χ0n) is 29.2. The maximum Gasteiger partial charge on any atom is 0.339 e. The van der Waals surface area contributed by atoms with Gasteiger partial charge < -0.3 is 25.0 Å². The summed E-state index contributed by atoms with van der Waals surface area (Å²) in [6.07, 6.45) is 41.5. The Kier molecular flexibility index (Phi) is 35.0. The number of carbonyl (C=O) groups excluding carboxylic acids is 1. The van der Waals surface area contributed by atoms with Gasteiger partial charge in [0.15, 0.2) is 0 Å². The van der Waals surface area contributed by atoms with E-state index in [9.17, 15) is 14.5 Å². The highest BCUT2D eigenvalue weighted by Gasteiger charge is 2.34. The first-order valence-electron chi connectivity index (χ1n) is 18.5. The quantitative estimate of drug-likeness (QED) is 0.0493. The molecule has 6 nitrogen and oxygen atoms in total. The van der Waals surface area contributed by atoms with E-state index in [-0.39, 0.29) is 0 Å². The molecule has 0 aliphatic heterocycles. The first-order chi connectivity index (χ1) is 20.7. The summed E-state index contributed by atoms with van der Waals surface area (Å²) in [5, 5.41) is 11.7. The Labute approximate surface area is 269 Å². The van der Waals surface area contributed by atoms with Gasteiger partial charge in [-0.1, -0.05) is 130 Å². The number of carboxylic acids is 1. The van der Waals surface area contributed by atoms with Gasteiger partial charge in [0.05, 0.1) is 36.9 Å². The highest BCUT2D eigenvalue weighted by Crippen LogP contribution is 2.61. The van der Waals surface area contributed by atoms with Crippen LogP contribution in [0.4, 0.5) is 0 Å². The third kappa shape index (κ3) is 36.4. The summed E-state index contributed by atoms with van der Waals surface area (Å²) in [6.45, 7) is 8.86. The van der Waals surface area contributed by atoms with Gasteiger partial charge >= 0.3 is 7.60 Å². The Hall–Kier alpha value is 0.01000. The highest BCUT2D eigenvalue weighted by molar-refractivity contribution is 7.75. The fourth-order valence-electron chi connectivity index (χ4n) is 5.88. The van der Waals surface area contributed by atoms with Crippen molar-refractivity contribution in [3.05, 3.63) is 0 Å². The van der Waals surface area contributed by atoms with Crippen molar-refractivity contribution < 1.29 is 24.3 Å². The molecule has 260 valence electrons. The van der Waals surface area contributed by atoms with E-state index in [1.165, 1.54) is 128 Å². The van der Waals surface area contributed by atoms with Crippen molar-refractivity contribution in [3.63, 3.8) is 0 Å². The largest absolute Gasteiger partial charge is 0.549 e. The van der Waals surface area contributed by atoms with Crippen LogP contribution in [-0.2, 0) is 9.36 Å². The number of hydrogen-bond acceptors (Lipinski definition) is 4. The topological polar surface area (TPSA) is 110 Å². The number of hydrogen-bond donors (Lipinski definition) is 3. The molecule has 0 aliphatic rings. The number of aliphatic carboxylic acids is 1. The first-order valence-corrected chi connectivity index (χ1v) is 22.8. The fraction of sp³-hybridized carbons (Fsp3) is 0.971. The van der Waals surface area contributed by atoms with Crippen molar-refractivity contribution >= 4 is 20.8 Å². The second-order valence-electron chi connectivity index (χ2n) is 12.9. The molecule has 8 heteroatoms. The van der Waals surface area contributed by atoms with Crippen LogP contribution in [0.1, 0.15) is 182 Å². The monoisotopic (exact) mass is 652 g/mol. The molecule has 0 amide bonds. The van der Waals surface area contributed by atoms with Gasteiger partial charge in [-0.2, -0.15) is 0 Å². The number of unbranched alkanes of at least 4 members (excludes halogenated alkanes) is 20. The molecule has 43 heavy (non-hydrogen) atoms. The maximum absolute atomic E-state index is 10.0. The van der Waals surface area contributed by atoms with Gasteiger partial charge in [0, 0.05) is 13.8 Å². The lowest BCUT2D eigenvalue weighted by Crippen LogP contribution is -2.34. The van der Waals surface area contributed by atoms with Crippen LogP contribution < -0.4 is 10.4 Å². The second kappa shape index (κ2) is 33.4. The summed E-state index contributed by atoms with van der Waals surface area (Å²) in [7, 11) is -4.82. The van der Waals surface area contributed by atoms with E-state index in [0.29, 0.717) is 0 Å². The second-order valence-corrected chi connectivity index (χ2v) is 19.0. The third-order valence-electron chi connectivity index (χ3n) is 8.53. The lowest BCUT2D eigenvalue weighted by molar-refractivity contribution is -0.303. The number of nitrogens with one attached hydrogen (secondary N) is 1. The SMILES string of the molecule is CCCCCCCCCCCCCC[P+](CCCCCC)(CCCCCC)CCCCCC.O=C([O-])CNCP(=O)(O)O. The van der Waals surface area contributed by atoms with E-state index >= 15 is 0 Å². The molecule has 0 aliphatic carbocycles.